The van der Waals surface area contributed by atoms with E-state index in [9.17, 15) is 8.42 Å². The van der Waals surface area contributed by atoms with Crippen LogP contribution in [-0.4, -0.2) is 12.7 Å². The van der Waals surface area contributed by atoms with E-state index in [0.29, 0.717) is 16.5 Å². The number of rotatable bonds is 4. The number of halogens is 2. The molecule has 0 aliphatic carbocycles. The van der Waals surface area contributed by atoms with Gasteiger partial charge in [0, 0.05) is 22.8 Å². The highest BCUT2D eigenvalue weighted by Gasteiger charge is 2.37. The van der Waals surface area contributed by atoms with Gasteiger partial charge in [0.05, 0.1) is 6.04 Å². The van der Waals surface area contributed by atoms with Crippen LogP contribution in [0.4, 0.5) is 0 Å². The molecule has 1 unspecified atom stereocenters. The Balaban J connectivity index is 2.09. The Bertz CT molecular complexity index is 941. The van der Waals surface area contributed by atoms with E-state index in [1.54, 1.807) is 24.4 Å². The average molecular weight is 411 g/mol. The average Bonchev–Trinajstić information content (AvgIpc) is 2.59. The normalized spacial score (nSPS) is 19.7. The first-order valence-electron chi connectivity index (χ1n) is 8.30. The quantitative estimate of drug-likeness (QED) is 0.771. The molecule has 0 bridgehead atoms. The molecule has 2 aromatic rings. The van der Waals surface area contributed by atoms with Gasteiger partial charge in [0.25, 0.3) is 0 Å². The van der Waals surface area contributed by atoms with Gasteiger partial charge in [-0.2, -0.15) is 12.7 Å². The van der Waals surface area contributed by atoms with Crippen LogP contribution < -0.4 is 4.72 Å². The van der Waals surface area contributed by atoms with Gasteiger partial charge in [0.1, 0.15) is 0 Å². The molecule has 2 aromatic carbocycles. The molecule has 0 aromatic heterocycles. The number of nitrogens with zero attached hydrogens (tertiary/aromatic N) is 1. The van der Waals surface area contributed by atoms with Gasteiger partial charge in [-0.25, -0.2) is 0 Å². The first-order chi connectivity index (χ1) is 12.3. The number of nitrogens with one attached hydrogen (secondary N) is 1. The molecule has 1 atom stereocenters. The largest absolute Gasteiger partial charge is 0.302 e. The van der Waals surface area contributed by atoms with Crippen LogP contribution in [0, 0.1) is 6.92 Å². The van der Waals surface area contributed by atoms with E-state index in [-0.39, 0.29) is 6.54 Å². The molecule has 3 rings (SSSR count). The monoisotopic (exact) mass is 410 g/mol. The topological polar surface area (TPSA) is 49.4 Å². The lowest BCUT2D eigenvalue weighted by Crippen LogP contribution is -2.45. The van der Waals surface area contributed by atoms with Crippen molar-refractivity contribution in [3.63, 3.8) is 0 Å². The summed E-state index contributed by atoms with van der Waals surface area (Å²) in [5, 5.41) is 0.968. The second-order valence-corrected chi connectivity index (χ2v) is 8.79. The van der Waals surface area contributed by atoms with E-state index >= 15 is 0 Å². The Kier molecular flexibility index (Phi) is 5.63. The summed E-state index contributed by atoms with van der Waals surface area (Å²) in [7, 11) is -3.68. The minimum Gasteiger partial charge on any atom is -0.278 e. The Morgan fingerprint density at radius 2 is 1.81 bits per heavy atom. The van der Waals surface area contributed by atoms with Crippen LogP contribution in [0.25, 0.3) is 0 Å². The summed E-state index contributed by atoms with van der Waals surface area (Å²) >= 11 is 12.4. The standard InChI is InChI=1S/C19H20Cl2N2O2S/c1-3-15-11-22-26(24,25)23(12-14-6-4-13(2)5-7-14)19(15)17-9-8-16(20)10-18(17)21/h4-11,19,22H,3,12H2,1-2H3. The molecule has 0 spiro atoms. The summed E-state index contributed by atoms with van der Waals surface area (Å²) in [5.74, 6) is 0. The van der Waals surface area contributed by atoms with Crippen molar-refractivity contribution in [2.24, 2.45) is 0 Å². The van der Waals surface area contributed by atoms with Crippen molar-refractivity contribution in [1.29, 1.82) is 0 Å². The Labute approximate surface area is 164 Å². The van der Waals surface area contributed by atoms with E-state index in [1.165, 1.54) is 4.31 Å². The van der Waals surface area contributed by atoms with Gasteiger partial charge in [0.2, 0.25) is 0 Å². The molecule has 1 aliphatic rings. The van der Waals surface area contributed by atoms with Crippen LogP contribution in [0.5, 0.6) is 0 Å². The van der Waals surface area contributed by atoms with E-state index < -0.39 is 16.3 Å². The number of hydrogen-bond acceptors (Lipinski definition) is 2. The molecule has 0 saturated carbocycles. The summed E-state index contributed by atoms with van der Waals surface area (Å²) in [6.45, 7) is 4.24. The maximum atomic E-state index is 12.8. The lowest BCUT2D eigenvalue weighted by Gasteiger charge is -2.36. The predicted octanol–water partition coefficient (Wildman–Crippen LogP) is 4.99. The van der Waals surface area contributed by atoms with Crippen LogP contribution in [0.2, 0.25) is 10.0 Å². The van der Waals surface area contributed by atoms with Gasteiger partial charge in [0.15, 0.2) is 0 Å². The zero-order chi connectivity index (χ0) is 18.9. The van der Waals surface area contributed by atoms with Crippen LogP contribution in [0.15, 0.2) is 54.2 Å². The van der Waals surface area contributed by atoms with E-state index in [2.05, 4.69) is 4.72 Å². The van der Waals surface area contributed by atoms with Crippen molar-refractivity contribution in [1.82, 2.24) is 9.03 Å². The number of benzene rings is 2. The fourth-order valence-electron chi connectivity index (χ4n) is 3.04. The molecule has 0 fully saturated rings. The number of hydrogen-bond donors (Lipinski definition) is 1. The molecule has 138 valence electrons. The van der Waals surface area contributed by atoms with Crippen molar-refractivity contribution >= 4 is 33.4 Å². The third kappa shape index (κ3) is 3.91. The third-order valence-electron chi connectivity index (χ3n) is 4.47. The van der Waals surface area contributed by atoms with Gasteiger partial charge in [-0.3, -0.25) is 4.72 Å². The van der Waals surface area contributed by atoms with Gasteiger partial charge < -0.3 is 0 Å². The molecule has 0 radical (unpaired) electrons. The molecular formula is C19H20Cl2N2O2S. The summed E-state index contributed by atoms with van der Waals surface area (Å²) in [4.78, 5) is 0. The first-order valence-corrected chi connectivity index (χ1v) is 10.5. The van der Waals surface area contributed by atoms with Crippen molar-refractivity contribution in [3.8, 4) is 0 Å². The van der Waals surface area contributed by atoms with Crippen LogP contribution >= 0.6 is 23.2 Å². The molecule has 0 amide bonds. The Morgan fingerprint density at radius 3 is 2.42 bits per heavy atom. The van der Waals surface area contributed by atoms with E-state index in [4.69, 9.17) is 23.2 Å². The molecule has 1 N–H and O–H groups in total. The van der Waals surface area contributed by atoms with E-state index in [0.717, 1.165) is 22.3 Å². The Morgan fingerprint density at radius 1 is 1.12 bits per heavy atom. The summed E-state index contributed by atoms with van der Waals surface area (Å²) < 4.78 is 29.5. The number of aryl methyl sites for hydroxylation is 1. The van der Waals surface area contributed by atoms with Gasteiger partial charge in [-0.1, -0.05) is 66.0 Å². The highest BCUT2D eigenvalue weighted by molar-refractivity contribution is 7.87. The highest BCUT2D eigenvalue weighted by atomic mass is 35.5. The lowest BCUT2D eigenvalue weighted by atomic mass is 9.96. The lowest BCUT2D eigenvalue weighted by molar-refractivity contribution is 0.333. The summed E-state index contributed by atoms with van der Waals surface area (Å²) in [5.41, 5.74) is 3.70. The highest BCUT2D eigenvalue weighted by Crippen LogP contribution is 2.39. The zero-order valence-electron chi connectivity index (χ0n) is 14.5. The van der Waals surface area contributed by atoms with Crippen LogP contribution in [0.3, 0.4) is 0 Å². The molecule has 1 heterocycles. The fraction of sp³-hybridized carbons (Fsp3) is 0.263. The zero-order valence-corrected chi connectivity index (χ0v) is 16.9. The van der Waals surface area contributed by atoms with Crippen molar-refractivity contribution in [2.75, 3.05) is 0 Å². The maximum absolute atomic E-state index is 12.8. The fourth-order valence-corrected chi connectivity index (χ4v) is 4.84. The van der Waals surface area contributed by atoms with E-state index in [1.807, 2.05) is 38.1 Å². The molecule has 1 aliphatic heterocycles. The van der Waals surface area contributed by atoms with Crippen LogP contribution in [0.1, 0.15) is 36.1 Å². The SMILES string of the molecule is CCC1=CNS(=O)(=O)N(Cc2ccc(C)cc2)C1c1ccc(Cl)cc1Cl. The molecular weight excluding hydrogens is 391 g/mol. The molecule has 7 heteroatoms. The van der Waals surface area contributed by atoms with Crippen molar-refractivity contribution < 1.29 is 8.42 Å². The maximum Gasteiger partial charge on any atom is 0.302 e. The Hall–Kier alpha value is -1.53. The summed E-state index contributed by atoms with van der Waals surface area (Å²) in [6, 6.07) is 12.5. The van der Waals surface area contributed by atoms with Crippen molar-refractivity contribution in [3.05, 3.63) is 81.0 Å². The smallest absolute Gasteiger partial charge is 0.278 e. The minimum atomic E-state index is -3.68. The third-order valence-corrected chi connectivity index (χ3v) is 6.40. The van der Waals surface area contributed by atoms with Crippen LogP contribution in [-0.2, 0) is 16.8 Å². The van der Waals surface area contributed by atoms with Gasteiger partial charge >= 0.3 is 10.2 Å². The second kappa shape index (κ2) is 7.61. The second-order valence-electron chi connectivity index (χ2n) is 6.29. The van der Waals surface area contributed by atoms with Gasteiger partial charge in [-0.05, 0) is 42.2 Å². The first kappa shape index (κ1) is 19.2. The molecule has 0 saturated heterocycles. The molecule has 26 heavy (non-hydrogen) atoms. The van der Waals surface area contributed by atoms with Crippen molar-refractivity contribution in [2.45, 2.75) is 32.9 Å². The molecule has 4 nitrogen and oxygen atoms in total. The minimum absolute atomic E-state index is 0.247. The summed E-state index contributed by atoms with van der Waals surface area (Å²) in [6.07, 6.45) is 2.26. The van der Waals surface area contributed by atoms with Gasteiger partial charge in [-0.15, -0.1) is 0 Å². The predicted molar refractivity (Wildman–Crippen MR) is 106 cm³/mol.